The van der Waals surface area contributed by atoms with Gasteiger partial charge in [0.1, 0.15) is 0 Å². The summed E-state index contributed by atoms with van der Waals surface area (Å²) < 4.78 is 0. The molecule has 0 bridgehead atoms. The first kappa shape index (κ1) is 14.1. The molecule has 1 heterocycles. The number of benzene rings is 1. The van der Waals surface area contributed by atoms with Crippen LogP contribution in [0.2, 0.25) is 0 Å². The molecule has 2 aromatic rings. The van der Waals surface area contributed by atoms with Crippen LogP contribution in [-0.2, 0) is 6.42 Å². The highest BCUT2D eigenvalue weighted by atomic mass is 32.2. The predicted molar refractivity (Wildman–Crippen MR) is 84.0 cm³/mol. The van der Waals surface area contributed by atoms with E-state index in [0.29, 0.717) is 5.92 Å². The summed E-state index contributed by atoms with van der Waals surface area (Å²) in [6, 6.07) is 12.1. The highest BCUT2D eigenvalue weighted by Crippen LogP contribution is 2.35. The molecule has 1 aliphatic carbocycles. The lowest BCUT2D eigenvalue weighted by Crippen LogP contribution is -2.11. The van der Waals surface area contributed by atoms with Crippen LogP contribution in [0.25, 0.3) is 0 Å². The third-order valence-electron chi connectivity index (χ3n) is 3.91. The molecule has 0 spiro atoms. The van der Waals surface area contributed by atoms with Crippen molar-refractivity contribution in [1.29, 1.82) is 0 Å². The van der Waals surface area contributed by atoms with Gasteiger partial charge in [-0.15, -0.1) is 11.8 Å². The van der Waals surface area contributed by atoms with Crippen LogP contribution in [0.1, 0.15) is 40.2 Å². The minimum absolute atomic E-state index is 0.238. The van der Waals surface area contributed by atoms with Gasteiger partial charge in [0.25, 0.3) is 0 Å². The minimum Gasteiger partial charge on any atom is -0.478 e. The highest BCUT2D eigenvalue weighted by molar-refractivity contribution is 7.99. The third-order valence-corrected chi connectivity index (χ3v) is 5.02. The van der Waals surface area contributed by atoms with Gasteiger partial charge in [0, 0.05) is 11.9 Å². The van der Waals surface area contributed by atoms with Gasteiger partial charge in [0.15, 0.2) is 0 Å². The third kappa shape index (κ3) is 3.27. The summed E-state index contributed by atoms with van der Waals surface area (Å²) in [7, 11) is 0. The van der Waals surface area contributed by atoms with Gasteiger partial charge in [-0.3, -0.25) is 0 Å². The predicted octanol–water partition coefficient (Wildman–Crippen LogP) is 3.99. The maximum absolute atomic E-state index is 10.8. The number of carboxylic acid groups (broad SMARTS) is 1. The van der Waals surface area contributed by atoms with Gasteiger partial charge in [-0.1, -0.05) is 24.3 Å². The molecular weight excluding hydrogens is 282 g/mol. The molecule has 1 aromatic carbocycles. The highest BCUT2D eigenvalue weighted by Gasteiger charge is 2.19. The molecule has 1 atom stereocenters. The summed E-state index contributed by atoms with van der Waals surface area (Å²) in [5, 5.41) is 9.76. The number of carbonyl (C=O) groups is 1. The zero-order chi connectivity index (χ0) is 14.7. The number of hydrogen-bond donors (Lipinski definition) is 1. The lowest BCUT2D eigenvalue weighted by molar-refractivity contribution is 0.0696. The number of hydrogen-bond acceptors (Lipinski definition) is 3. The Morgan fingerprint density at radius 2 is 2.14 bits per heavy atom. The van der Waals surface area contributed by atoms with E-state index in [1.807, 2.05) is 0 Å². The summed E-state index contributed by atoms with van der Waals surface area (Å²) >= 11 is 1.71. The van der Waals surface area contributed by atoms with E-state index in [1.54, 1.807) is 23.9 Å². The largest absolute Gasteiger partial charge is 0.478 e. The molecule has 0 radical (unpaired) electrons. The van der Waals surface area contributed by atoms with Gasteiger partial charge < -0.3 is 5.11 Å². The van der Waals surface area contributed by atoms with E-state index in [4.69, 9.17) is 5.11 Å². The number of pyridine rings is 1. The van der Waals surface area contributed by atoms with Crippen molar-refractivity contribution in [2.24, 2.45) is 0 Å². The van der Waals surface area contributed by atoms with E-state index in [0.717, 1.165) is 10.8 Å². The second kappa shape index (κ2) is 6.31. The first-order valence-electron chi connectivity index (χ1n) is 7.14. The lowest BCUT2D eigenvalue weighted by atomic mass is 9.84. The van der Waals surface area contributed by atoms with E-state index < -0.39 is 5.97 Å². The summed E-state index contributed by atoms with van der Waals surface area (Å²) in [6.07, 6.45) is 5.08. The van der Waals surface area contributed by atoms with Crippen LogP contribution in [0.5, 0.6) is 0 Å². The standard InChI is InChI=1S/C17H17NO2S/c19-17(20)13-8-9-16(18-10-13)21-11-14-6-3-5-12-4-1-2-7-15(12)14/h1-2,4,7-10,14H,3,5-6,11H2,(H,19,20). The number of nitrogens with zero attached hydrogens (tertiary/aromatic N) is 1. The molecule has 1 aliphatic rings. The van der Waals surface area contributed by atoms with Crippen LogP contribution in [0.3, 0.4) is 0 Å². The topological polar surface area (TPSA) is 50.2 Å². The van der Waals surface area contributed by atoms with Crippen LogP contribution in [0.4, 0.5) is 0 Å². The van der Waals surface area contributed by atoms with E-state index in [-0.39, 0.29) is 5.56 Å². The molecule has 0 amide bonds. The molecule has 108 valence electrons. The monoisotopic (exact) mass is 299 g/mol. The normalized spacial score (nSPS) is 17.2. The fraction of sp³-hybridized carbons (Fsp3) is 0.294. The minimum atomic E-state index is -0.930. The van der Waals surface area contributed by atoms with Crippen molar-refractivity contribution in [3.63, 3.8) is 0 Å². The SMILES string of the molecule is O=C(O)c1ccc(SCC2CCCc3ccccc32)nc1. The Morgan fingerprint density at radius 1 is 1.29 bits per heavy atom. The number of carboxylic acids is 1. The quantitative estimate of drug-likeness (QED) is 0.867. The number of thioether (sulfide) groups is 1. The summed E-state index contributed by atoms with van der Waals surface area (Å²) in [6.45, 7) is 0. The van der Waals surface area contributed by atoms with Crippen LogP contribution in [0, 0.1) is 0 Å². The van der Waals surface area contributed by atoms with E-state index in [2.05, 4.69) is 29.2 Å². The average molecular weight is 299 g/mol. The number of fused-ring (bicyclic) bond motifs is 1. The Kier molecular flexibility index (Phi) is 4.25. The second-order valence-electron chi connectivity index (χ2n) is 5.29. The Morgan fingerprint density at radius 3 is 2.90 bits per heavy atom. The van der Waals surface area contributed by atoms with Gasteiger partial charge in [-0.25, -0.2) is 9.78 Å². The number of aryl methyl sites for hydroxylation is 1. The fourth-order valence-corrected chi connectivity index (χ4v) is 3.82. The molecule has 4 heteroatoms. The molecular formula is C17H17NO2S. The first-order valence-corrected chi connectivity index (χ1v) is 8.12. The van der Waals surface area contributed by atoms with Crippen LogP contribution >= 0.6 is 11.8 Å². The van der Waals surface area contributed by atoms with E-state index >= 15 is 0 Å². The van der Waals surface area contributed by atoms with Gasteiger partial charge in [-0.2, -0.15) is 0 Å². The maximum atomic E-state index is 10.8. The van der Waals surface area contributed by atoms with Gasteiger partial charge >= 0.3 is 5.97 Å². The molecule has 21 heavy (non-hydrogen) atoms. The van der Waals surface area contributed by atoms with Crippen LogP contribution in [0.15, 0.2) is 47.6 Å². The van der Waals surface area contributed by atoms with Crippen molar-refractivity contribution < 1.29 is 9.90 Å². The van der Waals surface area contributed by atoms with Crippen molar-refractivity contribution in [3.05, 3.63) is 59.3 Å². The van der Waals surface area contributed by atoms with Crippen molar-refractivity contribution >= 4 is 17.7 Å². The van der Waals surface area contributed by atoms with Crippen molar-refractivity contribution in [1.82, 2.24) is 4.98 Å². The van der Waals surface area contributed by atoms with Crippen molar-refractivity contribution in [2.75, 3.05) is 5.75 Å². The molecule has 0 saturated heterocycles. The van der Waals surface area contributed by atoms with E-state index in [9.17, 15) is 4.79 Å². The lowest BCUT2D eigenvalue weighted by Gasteiger charge is -2.25. The smallest absolute Gasteiger partial charge is 0.337 e. The molecule has 0 saturated carbocycles. The molecule has 1 unspecified atom stereocenters. The zero-order valence-electron chi connectivity index (χ0n) is 11.7. The number of aromatic carboxylic acids is 1. The Bertz CT molecular complexity index is 639. The van der Waals surface area contributed by atoms with Crippen molar-refractivity contribution in [3.8, 4) is 0 Å². The summed E-state index contributed by atoms with van der Waals surface area (Å²) in [5.74, 6) is 0.636. The van der Waals surface area contributed by atoms with Crippen LogP contribution < -0.4 is 0 Å². The van der Waals surface area contributed by atoms with Crippen molar-refractivity contribution in [2.45, 2.75) is 30.2 Å². The molecule has 1 N–H and O–H groups in total. The molecule has 0 aliphatic heterocycles. The Labute approximate surface area is 128 Å². The summed E-state index contributed by atoms with van der Waals surface area (Å²) in [5.41, 5.74) is 3.18. The number of rotatable bonds is 4. The zero-order valence-corrected chi connectivity index (χ0v) is 12.5. The van der Waals surface area contributed by atoms with Gasteiger partial charge in [-0.05, 0) is 48.4 Å². The average Bonchev–Trinajstić information content (AvgIpc) is 2.53. The first-order chi connectivity index (χ1) is 10.2. The van der Waals surface area contributed by atoms with Crippen LogP contribution in [-0.4, -0.2) is 21.8 Å². The molecule has 0 fully saturated rings. The van der Waals surface area contributed by atoms with E-state index in [1.165, 1.54) is 36.6 Å². The Hall–Kier alpha value is -1.81. The molecule has 3 rings (SSSR count). The molecule has 1 aromatic heterocycles. The van der Waals surface area contributed by atoms with Gasteiger partial charge in [0.05, 0.1) is 10.6 Å². The Balaban J connectivity index is 1.67. The van der Waals surface area contributed by atoms with Gasteiger partial charge in [0.2, 0.25) is 0 Å². The second-order valence-corrected chi connectivity index (χ2v) is 6.33. The summed E-state index contributed by atoms with van der Waals surface area (Å²) in [4.78, 5) is 15.0. The fourth-order valence-electron chi connectivity index (χ4n) is 2.81. The molecule has 3 nitrogen and oxygen atoms in total. The maximum Gasteiger partial charge on any atom is 0.337 e. The number of aromatic nitrogens is 1.